The second-order valence-electron chi connectivity index (χ2n) is 10.5. The normalized spacial score (nSPS) is 12.2. The van der Waals surface area contributed by atoms with E-state index < -0.39 is 0 Å². The molecule has 0 fully saturated rings. The Kier molecular flexibility index (Phi) is 53.8. The van der Waals surface area contributed by atoms with Gasteiger partial charge >= 0.3 is 11.9 Å². The summed E-state index contributed by atoms with van der Waals surface area (Å²) in [4.78, 5) is 21.3. The van der Waals surface area contributed by atoms with Crippen LogP contribution in [0.4, 0.5) is 0 Å². The predicted octanol–water partition coefficient (Wildman–Crippen LogP) is 13.4. The summed E-state index contributed by atoms with van der Waals surface area (Å²) in [6.45, 7) is 8.85. The van der Waals surface area contributed by atoms with E-state index in [1.54, 1.807) is 18.7 Å². The molecule has 0 unspecified atom stereocenters. The van der Waals surface area contributed by atoms with Gasteiger partial charge in [0.05, 0.1) is 19.0 Å². The molecule has 4 nitrogen and oxygen atoms in total. The van der Waals surface area contributed by atoms with Gasteiger partial charge in [-0.1, -0.05) is 151 Å². The number of thiol groups is 1. The minimum atomic E-state index is -0.206. The number of halogens is 1. The van der Waals surface area contributed by atoms with Crippen molar-refractivity contribution in [2.45, 2.75) is 105 Å². The molecule has 0 aromatic carbocycles. The first kappa shape index (κ1) is 52.9. The largest absolute Gasteiger partial charge is 0.465 e. The molecular weight excluding hydrogens is 737 g/mol. The summed E-state index contributed by atoms with van der Waals surface area (Å²) in [6, 6.07) is 0. The number of carbonyl (C=O) groups excluding carboxylic acids is 2. The first-order chi connectivity index (χ1) is 25.0. The van der Waals surface area contributed by atoms with Crippen molar-refractivity contribution in [2.24, 2.45) is 0 Å². The third-order valence-electron chi connectivity index (χ3n) is 6.03. The Hall–Kier alpha value is -2.48. The Bertz CT molecular complexity index is 1050. The second kappa shape index (κ2) is 51.9. The van der Waals surface area contributed by atoms with Gasteiger partial charge < -0.3 is 9.47 Å². The number of hydrogen-bond acceptors (Lipinski definition) is 6. The summed E-state index contributed by atoms with van der Waals surface area (Å²) in [5.41, 5.74) is 0. The van der Waals surface area contributed by atoms with Crippen LogP contribution in [0.15, 0.2) is 122 Å². The lowest BCUT2D eigenvalue weighted by molar-refractivity contribution is -0.140. The molecule has 0 N–H and O–H groups in total. The highest BCUT2D eigenvalue weighted by molar-refractivity contribution is 9.09. The van der Waals surface area contributed by atoms with E-state index in [2.05, 4.69) is 169 Å². The molecule has 0 aromatic rings. The molecule has 7 heteroatoms. The van der Waals surface area contributed by atoms with Crippen molar-refractivity contribution >= 4 is 52.3 Å². The van der Waals surface area contributed by atoms with Crippen molar-refractivity contribution in [2.75, 3.05) is 35.8 Å². The molecule has 0 heterocycles. The first-order valence-electron chi connectivity index (χ1n) is 18.6. The van der Waals surface area contributed by atoms with Crippen LogP contribution in [0.3, 0.4) is 0 Å². The molecule has 0 aliphatic carbocycles. The van der Waals surface area contributed by atoms with Crippen LogP contribution in [0.1, 0.15) is 105 Å². The topological polar surface area (TPSA) is 52.6 Å². The fourth-order valence-electron chi connectivity index (χ4n) is 3.57. The molecule has 0 spiro atoms. The van der Waals surface area contributed by atoms with Crippen LogP contribution in [0.5, 0.6) is 0 Å². The highest BCUT2D eigenvalue weighted by Crippen LogP contribution is 2.03. The quantitative estimate of drug-likeness (QED) is 0.0281. The van der Waals surface area contributed by atoms with Crippen LogP contribution in [-0.4, -0.2) is 47.7 Å². The van der Waals surface area contributed by atoms with E-state index in [9.17, 15) is 9.59 Å². The van der Waals surface area contributed by atoms with Gasteiger partial charge in [0.1, 0.15) is 5.33 Å². The van der Waals surface area contributed by atoms with Crippen molar-refractivity contribution in [3.8, 4) is 0 Å². The zero-order chi connectivity index (χ0) is 38.1. The highest BCUT2D eigenvalue weighted by atomic mass is 79.9. The maximum absolute atomic E-state index is 11.1. The van der Waals surface area contributed by atoms with Crippen LogP contribution in [0.2, 0.25) is 0 Å². The Morgan fingerprint density at radius 2 is 0.824 bits per heavy atom. The fourth-order valence-corrected chi connectivity index (χ4v) is 4.52. The molecule has 51 heavy (non-hydrogen) atoms. The van der Waals surface area contributed by atoms with Gasteiger partial charge in [-0.15, -0.1) is 11.8 Å². The third kappa shape index (κ3) is 57.1. The number of ether oxygens (including phenoxy) is 2. The molecule has 0 radical (unpaired) electrons. The summed E-state index contributed by atoms with van der Waals surface area (Å²) >= 11 is 8.65. The van der Waals surface area contributed by atoms with Crippen molar-refractivity contribution in [1.29, 1.82) is 0 Å². The summed E-state index contributed by atoms with van der Waals surface area (Å²) in [5.74, 6) is 1.82. The second-order valence-corrected chi connectivity index (χ2v) is 12.5. The molecule has 0 aromatic heterocycles. The summed E-state index contributed by atoms with van der Waals surface area (Å²) in [6.07, 6.45) is 56.9. The standard InChI is InChI=1S/C22H34O2S.C18H28S.C4H7BrO2/c1-3-5-6-7-8-9-10-11-12-13-14-15-16-17-18-19-20-25-21-22(23)24-4-2;1-2-3-4-5-6-7-8-9-10-11-12-13-14-15-16-17-18-19;1-2-7-4(6)3-5/h5-6,8-9,11-12,14-15,18-19H,3-4,7,10,13,16-17,20-21H2,1-2H3;3-4,6-7,9-10,12-13,16-17,19H,2,5,8,11,14-15,18H2,1H3;2-3H2,1H3/b6-5-,9-8-,12-11-,15-14-,19-18+;4-3-,7-6-,10-9-,13-12-,17-16+;. The van der Waals surface area contributed by atoms with E-state index in [0.717, 1.165) is 88.6 Å². The lowest BCUT2D eigenvalue weighted by Gasteiger charge is -1.98. The average molecular weight is 806 g/mol. The number of rotatable bonds is 28. The molecule has 0 atom stereocenters. The lowest BCUT2D eigenvalue weighted by atomic mass is 10.2. The number of hydrogen-bond donors (Lipinski definition) is 1. The number of carbonyl (C=O) groups is 2. The number of alkyl halides is 1. The van der Waals surface area contributed by atoms with Crippen LogP contribution in [0.25, 0.3) is 0 Å². The maximum Gasteiger partial charge on any atom is 0.316 e. The van der Waals surface area contributed by atoms with E-state index in [1.807, 2.05) is 6.92 Å². The summed E-state index contributed by atoms with van der Waals surface area (Å²) in [5, 5.41) is 0.292. The highest BCUT2D eigenvalue weighted by Gasteiger charge is 1.99. The fraction of sp³-hybridized carbons (Fsp3) is 0.500. The SMILES string of the molecule is CC/C=C\C/C=C\C/C=C\C/C=C\CC/C=C/CS.CC/C=C\C/C=C\C/C=C\C/C=C\CC/C=C/CSCC(=O)OCC.CCOC(=O)CBr. The van der Waals surface area contributed by atoms with Crippen molar-refractivity contribution in [3.05, 3.63) is 122 Å². The molecule has 0 saturated carbocycles. The Balaban J connectivity index is -0.000000779. The molecule has 0 saturated heterocycles. The molecular formula is C44H69BrO4S2. The first-order valence-corrected chi connectivity index (χ1v) is 21.5. The summed E-state index contributed by atoms with van der Waals surface area (Å²) < 4.78 is 9.38. The Labute approximate surface area is 331 Å². The van der Waals surface area contributed by atoms with Gasteiger partial charge in [0.25, 0.3) is 0 Å². The van der Waals surface area contributed by atoms with Gasteiger partial charge in [-0.3, -0.25) is 9.59 Å². The van der Waals surface area contributed by atoms with E-state index >= 15 is 0 Å². The van der Waals surface area contributed by atoms with Gasteiger partial charge in [-0.25, -0.2) is 0 Å². The minimum Gasteiger partial charge on any atom is -0.465 e. The number of unbranched alkanes of at least 4 members (excludes halogenated alkanes) is 2. The van der Waals surface area contributed by atoms with E-state index in [0.29, 0.717) is 24.3 Å². The van der Waals surface area contributed by atoms with Gasteiger partial charge in [0.2, 0.25) is 0 Å². The van der Waals surface area contributed by atoms with Crippen LogP contribution < -0.4 is 0 Å². The van der Waals surface area contributed by atoms with E-state index in [4.69, 9.17) is 4.74 Å². The smallest absolute Gasteiger partial charge is 0.316 e. The molecule has 0 bridgehead atoms. The van der Waals surface area contributed by atoms with Gasteiger partial charge in [0.15, 0.2) is 0 Å². The maximum atomic E-state index is 11.1. The van der Waals surface area contributed by atoms with Crippen molar-refractivity contribution < 1.29 is 19.1 Å². The minimum absolute atomic E-state index is 0.124. The zero-order valence-electron chi connectivity index (χ0n) is 32.1. The predicted molar refractivity (Wildman–Crippen MR) is 236 cm³/mol. The van der Waals surface area contributed by atoms with E-state index in [1.165, 1.54) is 0 Å². The van der Waals surface area contributed by atoms with Crippen molar-refractivity contribution in [1.82, 2.24) is 0 Å². The summed E-state index contributed by atoms with van der Waals surface area (Å²) in [7, 11) is 0. The average Bonchev–Trinajstić information content (AvgIpc) is 3.13. The molecule has 0 rings (SSSR count). The van der Waals surface area contributed by atoms with Gasteiger partial charge in [0, 0.05) is 11.5 Å². The molecule has 0 aliphatic heterocycles. The number of allylic oxidation sites excluding steroid dienone is 18. The van der Waals surface area contributed by atoms with Crippen LogP contribution in [0, 0.1) is 0 Å². The molecule has 0 aliphatic rings. The van der Waals surface area contributed by atoms with Crippen LogP contribution >= 0.6 is 40.3 Å². The molecule has 288 valence electrons. The Morgan fingerprint density at radius 3 is 1.16 bits per heavy atom. The number of thioether (sulfide) groups is 1. The lowest BCUT2D eigenvalue weighted by Crippen LogP contribution is -2.06. The third-order valence-corrected chi connectivity index (χ3v) is 7.57. The zero-order valence-corrected chi connectivity index (χ0v) is 35.4. The van der Waals surface area contributed by atoms with E-state index in [-0.39, 0.29) is 11.9 Å². The van der Waals surface area contributed by atoms with Crippen LogP contribution in [-0.2, 0) is 19.1 Å². The van der Waals surface area contributed by atoms with Gasteiger partial charge in [-0.2, -0.15) is 12.6 Å². The monoisotopic (exact) mass is 804 g/mol. The van der Waals surface area contributed by atoms with Crippen molar-refractivity contribution in [3.63, 3.8) is 0 Å². The van der Waals surface area contributed by atoms with Gasteiger partial charge in [-0.05, 0) is 90.9 Å². The molecule has 0 amide bonds. The number of esters is 2. The Morgan fingerprint density at radius 1 is 0.490 bits per heavy atom.